The molecule has 1 aliphatic rings. The van der Waals surface area contributed by atoms with Gasteiger partial charge in [-0.2, -0.15) is 0 Å². The molecule has 198 valence electrons. The lowest BCUT2D eigenvalue weighted by Gasteiger charge is -2.44. The van der Waals surface area contributed by atoms with Crippen LogP contribution < -0.4 is 4.90 Å². The minimum absolute atomic E-state index is 0.0211. The normalized spacial score (nSPS) is 17.7. The van der Waals surface area contributed by atoms with E-state index in [1.165, 1.54) is 0 Å². The molecule has 0 saturated carbocycles. The van der Waals surface area contributed by atoms with Crippen LogP contribution in [0.25, 0.3) is 0 Å². The van der Waals surface area contributed by atoms with Crippen molar-refractivity contribution in [1.82, 2.24) is 9.88 Å². The topological polar surface area (TPSA) is 80.1 Å². The Morgan fingerprint density at radius 1 is 1.05 bits per heavy atom. The second-order valence-electron chi connectivity index (χ2n) is 10.4. The van der Waals surface area contributed by atoms with E-state index >= 15 is 0 Å². The molecule has 0 amide bonds. The summed E-state index contributed by atoms with van der Waals surface area (Å²) in [7, 11) is 0. The van der Waals surface area contributed by atoms with Crippen molar-refractivity contribution in [2.75, 3.05) is 31.1 Å². The smallest absolute Gasteiger partial charge is 0.0931 e. The van der Waals surface area contributed by atoms with Crippen LogP contribution in [-0.4, -0.2) is 57.0 Å². The van der Waals surface area contributed by atoms with Crippen LogP contribution in [0.2, 0.25) is 10.0 Å². The molecule has 8 heteroatoms. The molecule has 1 aromatic heterocycles. The summed E-state index contributed by atoms with van der Waals surface area (Å²) in [6.07, 6.45) is 2.36. The SMILES string of the molecule is CC(C)(O)CCc1ccc(N2CCN(C[C@@H](O)c3ccc(CO)nc3)C[C@H]2c2ccc(Cl)cc2)c(Cl)c1. The Hall–Kier alpha value is -2.19. The quantitative estimate of drug-likeness (QED) is 0.345. The van der Waals surface area contributed by atoms with Crippen molar-refractivity contribution in [1.29, 1.82) is 0 Å². The number of benzene rings is 2. The van der Waals surface area contributed by atoms with E-state index in [2.05, 4.69) is 26.9 Å². The monoisotopic (exact) mass is 543 g/mol. The Morgan fingerprint density at radius 2 is 1.81 bits per heavy atom. The number of halogens is 2. The molecule has 0 aliphatic carbocycles. The van der Waals surface area contributed by atoms with Crippen molar-refractivity contribution in [2.45, 2.75) is 51.0 Å². The third kappa shape index (κ3) is 7.44. The predicted octanol–water partition coefficient (Wildman–Crippen LogP) is 5.18. The van der Waals surface area contributed by atoms with Crippen molar-refractivity contribution < 1.29 is 15.3 Å². The number of hydrogen-bond acceptors (Lipinski definition) is 6. The summed E-state index contributed by atoms with van der Waals surface area (Å²) in [5.41, 5.74) is 3.78. The van der Waals surface area contributed by atoms with Gasteiger partial charge < -0.3 is 20.2 Å². The number of β-amino-alcohol motifs (C(OH)–C–C–N with tert-alkyl or cyclic N) is 1. The number of nitrogens with zero attached hydrogens (tertiary/aromatic N) is 3. The van der Waals surface area contributed by atoms with Crippen LogP contribution in [0.4, 0.5) is 5.69 Å². The van der Waals surface area contributed by atoms with Gasteiger partial charge in [-0.25, -0.2) is 0 Å². The molecule has 0 unspecified atom stereocenters. The number of piperazine rings is 1. The Morgan fingerprint density at radius 3 is 2.43 bits per heavy atom. The minimum Gasteiger partial charge on any atom is -0.390 e. The van der Waals surface area contributed by atoms with E-state index in [4.69, 9.17) is 23.2 Å². The zero-order chi connectivity index (χ0) is 26.6. The van der Waals surface area contributed by atoms with Crippen LogP contribution in [0.1, 0.15) is 54.8 Å². The molecular weight excluding hydrogens is 509 g/mol. The summed E-state index contributed by atoms with van der Waals surface area (Å²) in [6.45, 7) is 6.20. The van der Waals surface area contributed by atoms with Gasteiger partial charge in [0.2, 0.25) is 0 Å². The molecule has 4 rings (SSSR count). The molecule has 1 fully saturated rings. The lowest BCUT2D eigenvalue weighted by Crippen LogP contribution is -2.49. The van der Waals surface area contributed by atoms with Crippen LogP contribution in [0.3, 0.4) is 0 Å². The van der Waals surface area contributed by atoms with Gasteiger partial charge in [-0.3, -0.25) is 9.88 Å². The van der Waals surface area contributed by atoms with E-state index in [0.717, 1.165) is 41.9 Å². The van der Waals surface area contributed by atoms with Gasteiger partial charge in [0.05, 0.1) is 40.8 Å². The number of aliphatic hydroxyl groups is 3. The van der Waals surface area contributed by atoms with Gasteiger partial charge in [0.15, 0.2) is 0 Å². The highest BCUT2D eigenvalue weighted by molar-refractivity contribution is 6.33. The Bertz CT molecular complexity index is 1170. The number of hydrogen-bond donors (Lipinski definition) is 3. The Kier molecular flexibility index (Phi) is 9.11. The lowest BCUT2D eigenvalue weighted by molar-refractivity contribution is 0.0714. The molecule has 2 heterocycles. The summed E-state index contributed by atoms with van der Waals surface area (Å²) in [5, 5.41) is 31.6. The van der Waals surface area contributed by atoms with Crippen molar-refractivity contribution >= 4 is 28.9 Å². The predicted molar refractivity (Wildman–Crippen MR) is 149 cm³/mol. The molecule has 0 spiro atoms. The van der Waals surface area contributed by atoms with Crippen LogP contribution in [0.15, 0.2) is 60.8 Å². The van der Waals surface area contributed by atoms with Crippen molar-refractivity contribution in [3.05, 3.63) is 93.2 Å². The number of anilines is 1. The van der Waals surface area contributed by atoms with Gasteiger partial charge >= 0.3 is 0 Å². The van der Waals surface area contributed by atoms with Gasteiger partial charge in [-0.05, 0) is 68.1 Å². The highest BCUT2D eigenvalue weighted by atomic mass is 35.5. The molecule has 37 heavy (non-hydrogen) atoms. The minimum atomic E-state index is -0.720. The molecule has 0 radical (unpaired) electrons. The number of rotatable bonds is 9. The number of aromatic nitrogens is 1. The first kappa shape index (κ1) is 27.8. The highest BCUT2D eigenvalue weighted by Crippen LogP contribution is 2.37. The summed E-state index contributed by atoms with van der Waals surface area (Å²) in [5.74, 6) is 0. The molecule has 6 nitrogen and oxygen atoms in total. The number of pyridine rings is 1. The number of aryl methyl sites for hydroxylation is 1. The maximum Gasteiger partial charge on any atom is 0.0931 e. The third-order valence-corrected chi connectivity index (χ3v) is 7.45. The molecule has 3 N–H and O–H groups in total. The fraction of sp³-hybridized carbons (Fsp3) is 0.414. The van der Waals surface area contributed by atoms with E-state index in [9.17, 15) is 15.3 Å². The zero-order valence-corrected chi connectivity index (χ0v) is 22.8. The van der Waals surface area contributed by atoms with Gasteiger partial charge in [-0.1, -0.05) is 47.5 Å². The molecule has 1 aliphatic heterocycles. The summed E-state index contributed by atoms with van der Waals surface area (Å²) < 4.78 is 0. The number of aliphatic hydroxyl groups excluding tert-OH is 2. The van der Waals surface area contributed by atoms with Crippen molar-refractivity contribution in [3.8, 4) is 0 Å². The molecule has 0 bridgehead atoms. The third-order valence-electron chi connectivity index (χ3n) is 6.89. The van der Waals surface area contributed by atoms with Gasteiger partial charge in [0.25, 0.3) is 0 Å². The molecule has 2 atom stereocenters. The van der Waals surface area contributed by atoms with E-state index in [0.29, 0.717) is 35.2 Å². The first-order chi connectivity index (χ1) is 17.6. The Labute approximate surface area is 229 Å². The average molecular weight is 545 g/mol. The van der Waals surface area contributed by atoms with Crippen molar-refractivity contribution in [3.63, 3.8) is 0 Å². The summed E-state index contributed by atoms with van der Waals surface area (Å²) in [4.78, 5) is 8.78. The van der Waals surface area contributed by atoms with Crippen LogP contribution in [0, 0.1) is 0 Å². The summed E-state index contributed by atoms with van der Waals surface area (Å²) in [6, 6.07) is 17.6. The zero-order valence-electron chi connectivity index (χ0n) is 21.3. The van der Waals surface area contributed by atoms with E-state index in [1.54, 1.807) is 12.3 Å². The molecule has 3 aromatic rings. The Balaban J connectivity index is 1.53. The first-order valence-corrected chi connectivity index (χ1v) is 13.4. The maximum atomic E-state index is 10.9. The fourth-order valence-corrected chi connectivity index (χ4v) is 5.17. The standard InChI is InChI=1S/C29H35Cl2N3O3/c1-29(2,37)12-11-20-3-10-26(25(31)15-20)34-14-13-33(17-27(34)21-4-7-23(30)8-5-21)18-28(36)22-6-9-24(19-35)32-16-22/h3-10,15-16,27-28,35-37H,11-14,17-19H2,1-2H3/t27-,28+/m0/s1. The van der Waals surface area contributed by atoms with Crippen LogP contribution in [0.5, 0.6) is 0 Å². The second kappa shape index (κ2) is 12.1. The average Bonchev–Trinajstić information content (AvgIpc) is 2.88. The van der Waals surface area contributed by atoms with Gasteiger partial charge in [0.1, 0.15) is 0 Å². The van der Waals surface area contributed by atoms with E-state index < -0.39 is 11.7 Å². The van der Waals surface area contributed by atoms with Crippen molar-refractivity contribution in [2.24, 2.45) is 0 Å². The van der Waals surface area contributed by atoms with Gasteiger partial charge in [-0.15, -0.1) is 0 Å². The van der Waals surface area contributed by atoms with Crippen LogP contribution >= 0.6 is 23.2 Å². The first-order valence-electron chi connectivity index (χ1n) is 12.6. The van der Waals surface area contributed by atoms with E-state index in [-0.39, 0.29) is 12.6 Å². The maximum absolute atomic E-state index is 10.9. The van der Waals surface area contributed by atoms with Crippen LogP contribution in [-0.2, 0) is 13.0 Å². The molecular formula is C29H35Cl2N3O3. The lowest BCUT2D eigenvalue weighted by atomic mass is 9.97. The van der Waals surface area contributed by atoms with E-state index in [1.807, 2.05) is 50.2 Å². The summed E-state index contributed by atoms with van der Waals surface area (Å²) >= 11 is 13.0. The second-order valence-corrected chi connectivity index (χ2v) is 11.2. The fourth-order valence-electron chi connectivity index (χ4n) is 4.73. The molecule has 1 saturated heterocycles. The molecule has 2 aromatic carbocycles. The van der Waals surface area contributed by atoms with Gasteiger partial charge in [0, 0.05) is 43.0 Å². The highest BCUT2D eigenvalue weighted by Gasteiger charge is 2.31. The largest absolute Gasteiger partial charge is 0.390 e.